The number of nitrogens with zero attached hydrogens (tertiary/aromatic N) is 2. The number of nitrogens with one attached hydrogen (secondary N) is 2. The van der Waals surface area contributed by atoms with Gasteiger partial charge in [-0.15, -0.1) is 0 Å². The summed E-state index contributed by atoms with van der Waals surface area (Å²) in [6.07, 6.45) is 3.03. The van der Waals surface area contributed by atoms with E-state index in [0.29, 0.717) is 13.1 Å². The fourth-order valence-corrected chi connectivity index (χ4v) is 6.61. The molecule has 1 aromatic carbocycles. The Kier molecular flexibility index (Phi) is 6.17. The van der Waals surface area contributed by atoms with E-state index >= 15 is 0 Å². The maximum absolute atomic E-state index is 13.7. The average Bonchev–Trinajstić information content (AvgIpc) is 3.27. The lowest BCUT2D eigenvalue weighted by molar-refractivity contribution is 0.156. The second-order valence-corrected chi connectivity index (χ2v) is 10.6. The summed E-state index contributed by atoms with van der Waals surface area (Å²) in [6, 6.07) is 1.84. The van der Waals surface area contributed by atoms with Gasteiger partial charge in [-0.05, 0) is 38.3 Å². The smallest absolute Gasteiger partial charge is 0.319 e. The van der Waals surface area contributed by atoms with Gasteiger partial charge in [-0.3, -0.25) is 4.90 Å². The van der Waals surface area contributed by atoms with Gasteiger partial charge in [0.15, 0.2) is 5.75 Å². The number of piperazine rings is 1. The zero-order valence-corrected chi connectivity index (χ0v) is 18.7. The van der Waals surface area contributed by atoms with Gasteiger partial charge in [-0.2, -0.15) is 4.31 Å². The minimum atomic E-state index is -4.15. The molecule has 11 heteroatoms. The number of anilines is 1. The number of allylic oxidation sites excluding steroid dienone is 1. The second-order valence-electron chi connectivity index (χ2n) is 8.29. The van der Waals surface area contributed by atoms with Crippen molar-refractivity contribution in [3.63, 3.8) is 0 Å². The van der Waals surface area contributed by atoms with Gasteiger partial charge in [0.05, 0.1) is 16.8 Å². The van der Waals surface area contributed by atoms with Crippen molar-refractivity contribution in [2.24, 2.45) is 0 Å². The Balaban J connectivity index is 1.54. The van der Waals surface area contributed by atoms with E-state index in [1.807, 2.05) is 17.9 Å². The number of fused-ring (bicyclic) bond motifs is 1. The van der Waals surface area contributed by atoms with Gasteiger partial charge in [-0.1, -0.05) is 23.3 Å². The molecule has 0 radical (unpaired) electrons. The van der Waals surface area contributed by atoms with Crippen molar-refractivity contribution in [3.05, 3.63) is 28.8 Å². The highest BCUT2D eigenvalue weighted by Gasteiger charge is 2.41. The standard InChI is InChI=1S/C20H26ClFN4O4S/c1-12-3-2-4-16(12)23-20(28)24-17-6-5-15(21)19(18(17)27)31(29,30)26-8-7-25-10-13(22)9-14(25)11-26/h3,5-6,13-14,16,27H,2,4,7-11H2,1H3,(H2,23,24,28)/t13-,14?,16+/m0/s1. The van der Waals surface area contributed by atoms with Crippen LogP contribution < -0.4 is 10.6 Å². The van der Waals surface area contributed by atoms with E-state index < -0.39 is 32.9 Å². The van der Waals surface area contributed by atoms with Crippen LogP contribution in [0.3, 0.4) is 0 Å². The average molecular weight is 473 g/mol. The number of halogens is 2. The highest BCUT2D eigenvalue weighted by atomic mass is 35.5. The molecule has 2 aliphatic heterocycles. The van der Waals surface area contributed by atoms with Crippen LogP contribution in [0.15, 0.2) is 28.7 Å². The molecule has 3 atom stereocenters. The maximum atomic E-state index is 13.7. The summed E-state index contributed by atoms with van der Waals surface area (Å²) in [7, 11) is -4.15. The van der Waals surface area contributed by atoms with Gasteiger partial charge in [0.2, 0.25) is 10.0 Å². The molecule has 2 heterocycles. The summed E-state index contributed by atoms with van der Waals surface area (Å²) in [6.45, 7) is 2.96. The third-order valence-corrected chi connectivity index (χ3v) is 8.60. The zero-order chi connectivity index (χ0) is 22.3. The third-order valence-electron chi connectivity index (χ3n) is 6.23. The highest BCUT2D eigenvalue weighted by Crippen LogP contribution is 2.39. The molecule has 3 N–H and O–H groups in total. The Bertz CT molecular complexity index is 1020. The zero-order valence-electron chi connectivity index (χ0n) is 17.1. The number of urea groups is 1. The molecule has 4 rings (SSSR count). The van der Waals surface area contributed by atoms with Crippen molar-refractivity contribution in [2.75, 3.05) is 31.5 Å². The number of phenolic OH excluding ortho intramolecular Hbond substituents is 1. The Morgan fingerprint density at radius 3 is 2.77 bits per heavy atom. The van der Waals surface area contributed by atoms with Crippen molar-refractivity contribution in [1.29, 1.82) is 0 Å². The van der Waals surface area contributed by atoms with Crippen molar-refractivity contribution >= 4 is 33.3 Å². The van der Waals surface area contributed by atoms with Crippen molar-refractivity contribution < 1.29 is 22.7 Å². The first kappa shape index (κ1) is 22.3. The van der Waals surface area contributed by atoms with E-state index in [0.717, 1.165) is 18.4 Å². The molecule has 2 fully saturated rings. The fourth-order valence-electron chi connectivity index (χ4n) is 4.54. The van der Waals surface area contributed by atoms with Crippen LogP contribution in [-0.4, -0.2) is 73.2 Å². The van der Waals surface area contributed by atoms with Crippen LogP contribution in [0.4, 0.5) is 14.9 Å². The first-order valence-electron chi connectivity index (χ1n) is 10.3. The molecule has 1 aromatic rings. The van der Waals surface area contributed by atoms with Crippen LogP contribution in [0, 0.1) is 0 Å². The number of carbonyl (C=O) groups is 1. The van der Waals surface area contributed by atoms with E-state index in [2.05, 4.69) is 10.6 Å². The number of sulfonamides is 1. The molecule has 0 saturated carbocycles. The van der Waals surface area contributed by atoms with Gasteiger partial charge in [0.25, 0.3) is 0 Å². The molecular formula is C20H26ClFN4O4S. The Morgan fingerprint density at radius 2 is 2.06 bits per heavy atom. The minimum Gasteiger partial charge on any atom is -0.504 e. The van der Waals surface area contributed by atoms with Crippen LogP contribution in [0.1, 0.15) is 26.2 Å². The lowest BCUT2D eigenvalue weighted by Gasteiger charge is -2.36. The second kappa shape index (κ2) is 8.57. The van der Waals surface area contributed by atoms with E-state index in [-0.39, 0.29) is 42.3 Å². The van der Waals surface area contributed by atoms with E-state index in [4.69, 9.17) is 11.6 Å². The number of amides is 2. The van der Waals surface area contributed by atoms with E-state index in [9.17, 15) is 22.7 Å². The first-order chi connectivity index (χ1) is 14.7. The largest absolute Gasteiger partial charge is 0.504 e. The molecule has 1 unspecified atom stereocenters. The van der Waals surface area contributed by atoms with Crippen molar-refractivity contribution in [1.82, 2.24) is 14.5 Å². The number of rotatable bonds is 4. The molecule has 170 valence electrons. The number of carbonyl (C=O) groups excluding carboxylic acids is 1. The fraction of sp³-hybridized carbons (Fsp3) is 0.550. The van der Waals surface area contributed by atoms with Gasteiger partial charge in [0.1, 0.15) is 11.1 Å². The topological polar surface area (TPSA) is 102 Å². The molecular weight excluding hydrogens is 447 g/mol. The van der Waals surface area contributed by atoms with Gasteiger partial charge < -0.3 is 15.7 Å². The summed E-state index contributed by atoms with van der Waals surface area (Å²) in [5.41, 5.74) is 1.00. The monoisotopic (exact) mass is 472 g/mol. The molecule has 8 nitrogen and oxygen atoms in total. The van der Waals surface area contributed by atoms with Crippen LogP contribution in [0.5, 0.6) is 5.75 Å². The van der Waals surface area contributed by atoms with E-state index in [1.54, 1.807) is 0 Å². The molecule has 2 saturated heterocycles. The predicted octanol–water partition coefficient (Wildman–Crippen LogP) is 2.69. The summed E-state index contributed by atoms with van der Waals surface area (Å²) < 4.78 is 41.5. The maximum Gasteiger partial charge on any atom is 0.319 e. The normalized spacial score (nSPS) is 27.1. The number of hydrogen-bond acceptors (Lipinski definition) is 5. The van der Waals surface area contributed by atoms with Crippen molar-refractivity contribution in [2.45, 2.75) is 49.3 Å². The molecule has 3 aliphatic rings. The summed E-state index contributed by atoms with van der Waals surface area (Å²) >= 11 is 6.16. The summed E-state index contributed by atoms with van der Waals surface area (Å²) in [5, 5.41) is 15.9. The molecule has 0 aromatic heterocycles. The third kappa shape index (κ3) is 4.39. The van der Waals surface area contributed by atoms with Crippen LogP contribution in [0.2, 0.25) is 5.02 Å². The van der Waals surface area contributed by atoms with Crippen LogP contribution >= 0.6 is 11.6 Å². The first-order valence-corrected chi connectivity index (χ1v) is 12.1. The lowest BCUT2D eigenvalue weighted by Crippen LogP contribution is -2.51. The SMILES string of the molecule is CC1=CCC[C@H]1NC(=O)Nc1ccc(Cl)c(S(=O)(=O)N2CCN3C[C@@H](F)CC3C2)c1O. The number of aromatic hydroxyl groups is 1. The molecule has 0 bridgehead atoms. The molecule has 31 heavy (non-hydrogen) atoms. The lowest BCUT2D eigenvalue weighted by atomic mass is 10.2. The number of alkyl halides is 1. The molecule has 0 spiro atoms. The number of phenols is 1. The van der Waals surface area contributed by atoms with E-state index in [1.165, 1.54) is 16.4 Å². The number of hydrogen-bond donors (Lipinski definition) is 3. The van der Waals surface area contributed by atoms with Gasteiger partial charge >= 0.3 is 6.03 Å². The van der Waals surface area contributed by atoms with Crippen LogP contribution in [0.25, 0.3) is 0 Å². The van der Waals surface area contributed by atoms with Crippen LogP contribution in [-0.2, 0) is 10.0 Å². The van der Waals surface area contributed by atoms with Crippen molar-refractivity contribution in [3.8, 4) is 5.75 Å². The Hall–Kier alpha value is -1.88. The van der Waals surface area contributed by atoms with Gasteiger partial charge in [0, 0.05) is 32.2 Å². The minimum absolute atomic E-state index is 0.0524. The highest BCUT2D eigenvalue weighted by molar-refractivity contribution is 7.89. The predicted molar refractivity (Wildman–Crippen MR) is 116 cm³/mol. The summed E-state index contributed by atoms with van der Waals surface area (Å²) in [4.78, 5) is 13.9. The van der Waals surface area contributed by atoms with Gasteiger partial charge in [-0.25, -0.2) is 17.6 Å². The summed E-state index contributed by atoms with van der Waals surface area (Å²) in [5.74, 6) is -0.612. The Labute approximate surface area is 186 Å². The quantitative estimate of drug-likeness (QED) is 0.462. The molecule has 2 amide bonds. The Morgan fingerprint density at radius 1 is 1.29 bits per heavy atom. The number of benzene rings is 1. The molecule has 1 aliphatic carbocycles.